The lowest BCUT2D eigenvalue weighted by molar-refractivity contribution is -0.137. The Morgan fingerprint density at radius 3 is 2.38 bits per heavy atom. The topological polar surface area (TPSA) is 71.0 Å². The monoisotopic (exact) mass is 471 g/mol. The van der Waals surface area contributed by atoms with Crippen LogP contribution in [0.1, 0.15) is 24.8 Å². The van der Waals surface area contributed by atoms with E-state index in [2.05, 4.69) is 20.3 Å². The molecular weight excluding hydrogens is 450 g/mol. The molecule has 0 unspecified atom stereocenters. The fraction of sp³-hybridized carbons (Fsp3) is 0.333. The molecule has 2 aliphatic rings. The van der Waals surface area contributed by atoms with E-state index in [9.17, 15) is 22.4 Å². The normalized spacial score (nSPS) is 16.6. The lowest BCUT2D eigenvalue weighted by atomic mass is 9.84. The zero-order chi connectivity index (χ0) is 23.9. The van der Waals surface area contributed by atoms with E-state index < -0.39 is 17.6 Å². The van der Waals surface area contributed by atoms with Crippen molar-refractivity contribution in [2.24, 2.45) is 5.92 Å². The molecule has 1 saturated carbocycles. The van der Waals surface area contributed by atoms with Crippen LogP contribution in [-0.4, -0.2) is 40.0 Å². The van der Waals surface area contributed by atoms with Crippen LogP contribution in [0.25, 0.3) is 22.5 Å². The first-order chi connectivity index (χ1) is 16.3. The molecule has 0 radical (unpaired) electrons. The third kappa shape index (κ3) is 4.32. The molecule has 0 spiro atoms. The standard InChI is InChI=1S/C24H21F4N5O/c25-19-10-29-9-8-18(19)22-21(14-4-6-16(7-5-14)24(26,27)28)30-11-20(32-22)33-12-17(13-33)31-23(34)15-2-1-3-15/h4-11,15,17H,1-3,12-13H2,(H,31,34). The van der Waals surface area contributed by atoms with Crippen molar-refractivity contribution in [2.75, 3.05) is 18.0 Å². The number of carbonyl (C=O) groups excluding carboxylic acids is 1. The van der Waals surface area contributed by atoms with E-state index in [0.29, 0.717) is 24.5 Å². The Morgan fingerprint density at radius 2 is 1.76 bits per heavy atom. The molecule has 1 aromatic carbocycles. The first kappa shape index (κ1) is 22.2. The Morgan fingerprint density at radius 1 is 1.03 bits per heavy atom. The fourth-order valence-corrected chi connectivity index (χ4v) is 4.06. The van der Waals surface area contributed by atoms with Crippen LogP contribution in [0.2, 0.25) is 0 Å². The quantitative estimate of drug-likeness (QED) is 0.556. The number of pyridine rings is 1. The maximum absolute atomic E-state index is 14.6. The van der Waals surface area contributed by atoms with Crippen LogP contribution in [0.4, 0.5) is 23.4 Å². The van der Waals surface area contributed by atoms with Gasteiger partial charge in [0.25, 0.3) is 0 Å². The van der Waals surface area contributed by atoms with E-state index in [0.717, 1.165) is 37.6 Å². The average Bonchev–Trinajstić information content (AvgIpc) is 2.74. The SMILES string of the molecule is O=C(NC1CN(c2cnc(-c3ccc(C(F)(F)F)cc3)c(-c3ccncc3F)n2)C1)C1CCC1. The van der Waals surface area contributed by atoms with Gasteiger partial charge in [0.05, 0.1) is 29.7 Å². The molecule has 3 aromatic rings. The summed E-state index contributed by atoms with van der Waals surface area (Å²) in [6.45, 7) is 1.09. The van der Waals surface area contributed by atoms with Gasteiger partial charge in [-0.15, -0.1) is 0 Å². The molecule has 1 N–H and O–H groups in total. The Labute approximate surface area is 193 Å². The maximum atomic E-state index is 14.6. The zero-order valence-electron chi connectivity index (χ0n) is 18.0. The fourth-order valence-electron chi connectivity index (χ4n) is 4.06. The minimum absolute atomic E-state index is 0.00519. The van der Waals surface area contributed by atoms with Crippen LogP contribution in [0.15, 0.2) is 48.9 Å². The summed E-state index contributed by atoms with van der Waals surface area (Å²) in [5.41, 5.74) is 0.215. The first-order valence-corrected chi connectivity index (χ1v) is 11.0. The Bertz CT molecular complexity index is 1200. The summed E-state index contributed by atoms with van der Waals surface area (Å²) in [7, 11) is 0. The molecule has 5 rings (SSSR count). The second kappa shape index (κ2) is 8.66. The molecule has 176 valence electrons. The van der Waals surface area contributed by atoms with E-state index >= 15 is 0 Å². The Hall–Kier alpha value is -3.56. The summed E-state index contributed by atoms with van der Waals surface area (Å²) in [6, 6.07) is 5.97. The van der Waals surface area contributed by atoms with Crippen molar-refractivity contribution >= 4 is 11.7 Å². The van der Waals surface area contributed by atoms with Gasteiger partial charge < -0.3 is 10.2 Å². The van der Waals surface area contributed by atoms with Gasteiger partial charge in [0, 0.05) is 36.3 Å². The lowest BCUT2D eigenvalue weighted by Gasteiger charge is -2.41. The number of carbonyl (C=O) groups is 1. The molecule has 1 aliphatic heterocycles. The number of hydrogen-bond donors (Lipinski definition) is 1. The molecule has 1 saturated heterocycles. The lowest BCUT2D eigenvalue weighted by Crippen LogP contribution is -2.60. The first-order valence-electron chi connectivity index (χ1n) is 11.0. The highest BCUT2D eigenvalue weighted by Gasteiger charge is 2.34. The molecule has 34 heavy (non-hydrogen) atoms. The zero-order valence-corrected chi connectivity index (χ0v) is 18.0. The van der Waals surface area contributed by atoms with E-state index in [1.54, 1.807) is 0 Å². The highest BCUT2D eigenvalue weighted by Crippen LogP contribution is 2.35. The summed E-state index contributed by atoms with van der Waals surface area (Å²) in [5.74, 6) is 0.0738. The second-order valence-corrected chi connectivity index (χ2v) is 8.59. The molecule has 3 heterocycles. The number of nitrogens with one attached hydrogen (secondary N) is 1. The summed E-state index contributed by atoms with van der Waals surface area (Å²) >= 11 is 0. The van der Waals surface area contributed by atoms with E-state index in [1.807, 2.05) is 4.90 Å². The predicted octanol–water partition coefficient (Wildman–Crippen LogP) is 4.47. The maximum Gasteiger partial charge on any atom is 0.416 e. The second-order valence-electron chi connectivity index (χ2n) is 8.59. The van der Waals surface area contributed by atoms with Crippen LogP contribution >= 0.6 is 0 Å². The van der Waals surface area contributed by atoms with Crippen molar-refractivity contribution in [3.63, 3.8) is 0 Å². The Kier molecular flexibility index (Phi) is 5.66. The Balaban J connectivity index is 1.42. The van der Waals surface area contributed by atoms with Gasteiger partial charge in [-0.25, -0.2) is 9.37 Å². The molecule has 1 amide bonds. The third-order valence-corrected chi connectivity index (χ3v) is 6.30. The molecular formula is C24H21F4N5O. The number of nitrogens with zero attached hydrogens (tertiary/aromatic N) is 4. The molecule has 2 aromatic heterocycles. The number of hydrogen-bond acceptors (Lipinski definition) is 5. The molecule has 1 aliphatic carbocycles. The van der Waals surface area contributed by atoms with Crippen LogP contribution in [0.5, 0.6) is 0 Å². The van der Waals surface area contributed by atoms with E-state index in [4.69, 9.17) is 0 Å². The number of alkyl halides is 3. The minimum atomic E-state index is -4.46. The van der Waals surface area contributed by atoms with E-state index in [-0.39, 0.29) is 34.8 Å². The van der Waals surface area contributed by atoms with Crippen molar-refractivity contribution in [2.45, 2.75) is 31.5 Å². The van der Waals surface area contributed by atoms with Crippen LogP contribution in [0, 0.1) is 11.7 Å². The molecule has 0 atom stereocenters. The van der Waals surface area contributed by atoms with Crippen molar-refractivity contribution in [1.82, 2.24) is 20.3 Å². The van der Waals surface area contributed by atoms with Gasteiger partial charge >= 0.3 is 6.18 Å². The van der Waals surface area contributed by atoms with Gasteiger partial charge in [-0.1, -0.05) is 18.6 Å². The van der Waals surface area contributed by atoms with Gasteiger partial charge in [0.15, 0.2) is 5.82 Å². The van der Waals surface area contributed by atoms with Gasteiger partial charge in [-0.05, 0) is 31.0 Å². The predicted molar refractivity (Wildman–Crippen MR) is 117 cm³/mol. The number of rotatable bonds is 5. The van der Waals surface area contributed by atoms with Crippen molar-refractivity contribution < 1.29 is 22.4 Å². The summed E-state index contributed by atoms with van der Waals surface area (Å²) in [6.07, 6.45) is 2.47. The number of aromatic nitrogens is 3. The van der Waals surface area contributed by atoms with Crippen molar-refractivity contribution in [3.05, 3.63) is 60.3 Å². The molecule has 10 heteroatoms. The number of benzene rings is 1. The molecule has 6 nitrogen and oxygen atoms in total. The average molecular weight is 471 g/mol. The number of amides is 1. The van der Waals surface area contributed by atoms with Crippen molar-refractivity contribution in [1.29, 1.82) is 0 Å². The van der Waals surface area contributed by atoms with Crippen LogP contribution in [0.3, 0.4) is 0 Å². The molecule has 2 fully saturated rings. The largest absolute Gasteiger partial charge is 0.416 e. The van der Waals surface area contributed by atoms with Gasteiger partial charge in [-0.2, -0.15) is 13.2 Å². The summed E-state index contributed by atoms with van der Waals surface area (Å²) in [5, 5.41) is 3.04. The number of anilines is 1. The highest BCUT2D eigenvalue weighted by molar-refractivity contribution is 5.81. The minimum Gasteiger partial charge on any atom is -0.351 e. The number of halogens is 4. The highest BCUT2D eigenvalue weighted by atomic mass is 19.4. The van der Waals surface area contributed by atoms with Gasteiger partial charge in [0.1, 0.15) is 11.5 Å². The van der Waals surface area contributed by atoms with E-state index in [1.165, 1.54) is 30.6 Å². The third-order valence-electron chi connectivity index (χ3n) is 6.30. The summed E-state index contributed by atoms with van der Waals surface area (Å²) in [4.78, 5) is 26.9. The smallest absolute Gasteiger partial charge is 0.351 e. The van der Waals surface area contributed by atoms with Gasteiger partial charge in [-0.3, -0.25) is 14.8 Å². The summed E-state index contributed by atoms with van der Waals surface area (Å²) < 4.78 is 53.5. The molecule has 0 bridgehead atoms. The van der Waals surface area contributed by atoms with Gasteiger partial charge in [0.2, 0.25) is 5.91 Å². The van der Waals surface area contributed by atoms with Crippen LogP contribution in [-0.2, 0) is 11.0 Å². The van der Waals surface area contributed by atoms with Crippen molar-refractivity contribution in [3.8, 4) is 22.5 Å². The van der Waals surface area contributed by atoms with Crippen LogP contribution < -0.4 is 10.2 Å².